The summed E-state index contributed by atoms with van der Waals surface area (Å²) >= 11 is 0. The molecule has 0 atom stereocenters. The first kappa shape index (κ1) is 30.0. The highest BCUT2D eigenvalue weighted by atomic mass is 15.1. The van der Waals surface area contributed by atoms with Crippen LogP contribution >= 0.6 is 0 Å². The van der Waals surface area contributed by atoms with Gasteiger partial charge in [-0.15, -0.1) is 0 Å². The molecule has 0 radical (unpaired) electrons. The largest absolute Gasteiger partial charge is 0.310 e. The average Bonchev–Trinajstić information content (AvgIpc) is 3.55. The fourth-order valence-corrected chi connectivity index (χ4v) is 8.00. The highest BCUT2D eigenvalue weighted by molar-refractivity contribution is 6.12. The zero-order chi connectivity index (χ0) is 34.4. The van der Waals surface area contributed by atoms with E-state index in [0.717, 1.165) is 22.7 Å². The van der Waals surface area contributed by atoms with Crippen LogP contribution in [0.4, 0.5) is 17.1 Å². The van der Waals surface area contributed by atoms with Gasteiger partial charge in [-0.3, -0.25) is 0 Å². The van der Waals surface area contributed by atoms with E-state index < -0.39 is 0 Å². The number of benzene rings is 9. The van der Waals surface area contributed by atoms with Gasteiger partial charge in [0.25, 0.3) is 0 Å². The fraction of sp³-hybridized carbons (Fsp3) is 0. The topological polar surface area (TPSA) is 8.17 Å². The molecule has 0 spiro atoms. The number of aromatic nitrogens is 1. The first-order chi connectivity index (χ1) is 25.8. The van der Waals surface area contributed by atoms with Crippen molar-refractivity contribution in [1.82, 2.24) is 4.57 Å². The van der Waals surface area contributed by atoms with Gasteiger partial charge in [0, 0.05) is 33.4 Å². The molecule has 52 heavy (non-hydrogen) atoms. The van der Waals surface area contributed by atoms with Crippen molar-refractivity contribution in [3.05, 3.63) is 206 Å². The van der Waals surface area contributed by atoms with Gasteiger partial charge < -0.3 is 9.47 Å². The van der Waals surface area contributed by atoms with Crippen molar-refractivity contribution in [1.29, 1.82) is 0 Å². The van der Waals surface area contributed by atoms with Crippen LogP contribution in [-0.4, -0.2) is 4.57 Å². The molecule has 0 N–H and O–H groups in total. The lowest BCUT2D eigenvalue weighted by molar-refractivity contribution is 1.17. The molecule has 0 unspecified atom stereocenters. The Labute approximate surface area is 303 Å². The van der Waals surface area contributed by atoms with Crippen molar-refractivity contribution in [2.75, 3.05) is 4.90 Å². The number of fused-ring (bicyclic) bond motifs is 5. The van der Waals surface area contributed by atoms with E-state index in [9.17, 15) is 0 Å². The van der Waals surface area contributed by atoms with Crippen LogP contribution in [0.25, 0.3) is 71.3 Å². The molecule has 0 aliphatic carbocycles. The predicted molar refractivity (Wildman–Crippen MR) is 221 cm³/mol. The number of anilines is 3. The van der Waals surface area contributed by atoms with Crippen molar-refractivity contribution in [2.24, 2.45) is 0 Å². The molecule has 0 bridgehead atoms. The van der Waals surface area contributed by atoms with Crippen molar-refractivity contribution >= 4 is 60.4 Å². The minimum absolute atomic E-state index is 1.09. The lowest BCUT2D eigenvalue weighted by Gasteiger charge is -2.29. The summed E-state index contributed by atoms with van der Waals surface area (Å²) in [4.78, 5) is 2.42. The summed E-state index contributed by atoms with van der Waals surface area (Å²) in [5, 5.41) is 7.44. The first-order valence-corrected chi connectivity index (χ1v) is 17.9. The van der Waals surface area contributed by atoms with E-state index in [2.05, 4.69) is 216 Å². The number of nitrogens with zero attached hydrogens (tertiary/aromatic N) is 2. The molecule has 0 saturated heterocycles. The standard InChI is InChI=1S/C50H34N2/c1-3-15-35(16-4-1)42-21-9-10-24-45(42)50-46-34-37-18-8-7-17-36(37)33-38(46)27-32-49(50)51(39-19-5-2-6-20-39)40-28-30-41(31-29-40)52-47-25-13-11-22-43(47)44-23-12-14-26-48(44)52/h1-34H. The van der Waals surface area contributed by atoms with Crippen LogP contribution in [0.3, 0.4) is 0 Å². The van der Waals surface area contributed by atoms with Crippen LogP contribution in [-0.2, 0) is 0 Å². The van der Waals surface area contributed by atoms with Gasteiger partial charge in [-0.1, -0.05) is 140 Å². The smallest absolute Gasteiger partial charge is 0.0546 e. The van der Waals surface area contributed by atoms with Crippen LogP contribution in [0.1, 0.15) is 0 Å². The molecule has 0 aliphatic heterocycles. The van der Waals surface area contributed by atoms with E-state index in [1.165, 1.54) is 65.6 Å². The number of hydrogen-bond donors (Lipinski definition) is 0. The summed E-state index contributed by atoms with van der Waals surface area (Å²) in [5.74, 6) is 0. The number of rotatable bonds is 6. The molecule has 0 fully saturated rings. The molecule has 0 aliphatic rings. The van der Waals surface area contributed by atoms with Crippen LogP contribution in [0.15, 0.2) is 206 Å². The molecule has 1 aromatic heterocycles. The highest BCUT2D eigenvalue weighted by Gasteiger charge is 2.22. The maximum Gasteiger partial charge on any atom is 0.0546 e. The summed E-state index contributed by atoms with van der Waals surface area (Å²) in [6, 6.07) is 74.8. The van der Waals surface area contributed by atoms with E-state index in [4.69, 9.17) is 0 Å². The van der Waals surface area contributed by atoms with Crippen molar-refractivity contribution in [3.8, 4) is 27.9 Å². The van der Waals surface area contributed by atoms with E-state index in [0.29, 0.717) is 0 Å². The summed E-state index contributed by atoms with van der Waals surface area (Å²) in [5.41, 5.74) is 11.7. The van der Waals surface area contributed by atoms with E-state index in [-0.39, 0.29) is 0 Å². The first-order valence-electron chi connectivity index (χ1n) is 17.9. The van der Waals surface area contributed by atoms with Gasteiger partial charge in [0.05, 0.1) is 16.7 Å². The van der Waals surface area contributed by atoms with Gasteiger partial charge in [-0.25, -0.2) is 0 Å². The molecule has 10 rings (SSSR count). The van der Waals surface area contributed by atoms with Crippen LogP contribution in [0, 0.1) is 0 Å². The van der Waals surface area contributed by atoms with E-state index in [1.807, 2.05) is 0 Å². The van der Waals surface area contributed by atoms with E-state index in [1.54, 1.807) is 0 Å². The monoisotopic (exact) mass is 662 g/mol. The Bertz CT molecular complexity index is 2830. The summed E-state index contributed by atoms with van der Waals surface area (Å²) in [7, 11) is 0. The van der Waals surface area contributed by atoms with Crippen LogP contribution in [0.5, 0.6) is 0 Å². The zero-order valence-electron chi connectivity index (χ0n) is 28.5. The molecular weight excluding hydrogens is 629 g/mol. The maximum absolute atomic E-state index is 2.42. The molecule has 2 nitrogen and oxygen atoms in total. The van der Waals surface area contributed by atoms with E-state index >= 15 is 0 Å². The molecule has 9 aromatic carbocycles. The van der Waals surface area contributed by atoms with Crippen molar-refractivity contribution in [2.45, 2.75) is 0 Å². The minimum atomic E-state index is 1.09. The van der Waals surface area contributed by atoms with Crippen molar-refractivity contribution in [3.63, 3.8) is 0 Å². The third-order valence-corrected chi connectivity index (χ3v) is 10.3. The van der Waals surface area contributed by atoms with Gasteiger partial charge in [-0.05, 0) is 105 Å². The molecule has 0 saturated carbocycles. The van der Waals surface area contributed by atoms with Gasteiger partial charge in [0.2, 0.25) is 0 Å². The van der Waals surface area contributed by atoms with Gasteiger partial charge >= 0.3 is 0 Å². The second kappa shape index (κ2) is 12.5. The third kappa shape index (κ3) is 4.96. The fourth-order valence-electron chi connectivity index (χ4n) is 8.00. The Morgan fingerprint density at radius 3 is 1.58 bits per heavy atom. The second-order valence-corrected chi connectivity index (χ2v) is 13.3. The third-order valence-electron chi connectivity index (χ3n) is 10.3. The second-order valence-electron chi connectivity index (χ2n) is 13.3. The normalized spacial score (nSPS) is 11.5. The molecular formula is C50H34N2. The Hall–Kier alpha value is -6.90. The van der Waals surface area contributed by atoms with Gasteiger partial charge in [0.1, 0.15) is 0 Å². The van der Waals surface area contributed by atoms with Crippen LogP contribution < -0.4 is 4.90 Å². The SMILES string of the molecule is c1ccc(-c2ccccc2-c2c(N(c3ccccc3)c3ccc(-n4c5ccccc5c5ccccc54)cc3)ccc3cc4ccccc4cc23)cc1. The molecule has 0 amide bonds. The molecule has 1 heterocycles. The Kier molecular flexibility index (Phi) is 7.18. The predicted octanol–water partition coefficient (Wildman–Crippen LogP) is 13.9. The number of para-hydroxylation sites is 3. The quantitative estimate of drug-likeness (QED) is 0.161. The Morgan fingerprint density at radius 2 is 0.885 bits per heavy atom. The van der Waals surface area contributed by atoms with Crippen LogP contribution in [0.2, 0.25) is 0 Å². The van der Waals surface area contributed by atoms with Gasteiger partial charge in [0.15, 0.2) is 0 Å². The lowest BCUT2D eigenvalue weighted by atomic mass is 9.88. The molecule has 10 aromatic rings. The zero-order valence-corrected chi connectivity index (χ0v) is 28.5. The number of hydrogen-bond acceptors (Lipinski definition) is 1. The maximum atomic E-state index is 2.42. The summed E-state index contributed by atoms with van der Waals surface area (Å²) in [6.07, 6.45) is 0. The Balaban J connectivity index is 1.23. The summed E-state index contributed by atoms with van der Waals surface area (Å²) in [6.45, 7) is 0. The van der Waals surface area contributed by atoms with Gasteiger partial charge in [-0.2, -0.15) is 0 Å². The summed E-state index contributed by atoms with van der Waals surface area (Å²) < 4.78 is 2.38. The average molecular weight is 663 g/mol. The minimum Gasteiger partial charge on any atom is -0.310 e. The highest BCUT2D eigenvalue weighted by Crippen LogP contribution is 2.47. The molecule has 2 heteroatoms. The Morgan fingerprint density at radius 1 is 0.346 bits per heavy atom. The lowest BCUT2D eigenvalue weighted by Crippen LogP contribution is -2.12. The molecule has 244 valence electrons. The van der Waals surface area contributed by atoms with Crippen molar-refractivity contribution < 1.29 is 0 Å².